The first kappa shape index (κ1) is 24.9. The number of anilines is 2. The molecule has 1 aromatic rings. The summed E-state index contributed by atoms with van der Waals surface area (Å²) in [5, 5.41) is 30.9. The highest BCUT2D eigenvalue weighted by atomic mass is 16.6. The van der Waals surface area contributed by atoms with E-state index < -0.39 is 33.3 Å². The highest BCUT2D eigenvalue weighted by Gasteiger charge is 2.33. The molecule has 166 valence electrons. The van der Waals surface area contributed by atoms with Crippen molar-refractivity contribution in [1.82, 2.24) is 0 Å². The van der Waals surface area contributed by atoms with Gasteiger partial charge in [0, 0.05) is 6.07 Å². The van der Waals surface area contributed by atoms with Crippen LogP contribution in [0.15, 0.2) is 22.7 Å². The average molecular weight is 424 g/mol. The number of nitro benzene ring substituents is 2. The molecule has 12 nitrogen and oxygen atoms in total. The summed E-state index contributed by atoms with van der Waals surface area (Å²) in [6.45, 7) is 7.29. The van der Waals surface area contributed by atoms with Gasteiger partial charge in [-0.15, -0.1) is 9.81 Å². The van der Waals surface area contributed by atoms with Crippen molar-refractivity contribution in [2.24, 2.45) is 10.6 Å². The summed E-state index contributed by atoms with van der Waals surface area (Å²) in [7, 11) is 0. The first-order valence-electron chi connectivity index (χ1n) is 9.95. The lowest BCUT2D eigenvalue weighted by Gasteiger charge is -2.26. The minimum Gasteiger partial charge on any atom is -0.258 e. The third-order valence-electron chi connectivity index (χ3n) is 4.92. The summed E-state index contributed by atoms with van der Waals surface area (Å²) in [5.41, 5.74) is -1.70. The number of nitroso groups, excluding NO2 is 2. The summed E-state index contributed by atoms with van der Waals surface area (Å²) in [4.78, 5) is 44.7. The molecular formula is C18H28N6O6. The van der Waals surface area contributed by atoms with Gasteiger partial charge in [0.1, 0.15) is 11.4 Å². The van der Waals surface area contributed by atoms with Crippen molar-refractivity contribution in [2.75, 3.05) is 10.0 Å². The van der Waals surface area contributed by atoms with Crippen LogP contribution in [-0.4, -0.2) is 21.9 Å². The Morgan fingerprint density at radius 2 is 1.20 bits per heavy atom. The quantitative estimate of drug-likeness (QED) is 0.211. The molecule has 0 fully saturated rings. The second-order valence-corrected chi connectivity index (χ2v) is 7.18. The molecule has 0 aromatic heterocycles. The molecule has 0 spiro atoms. The van der Waals surface area contributed by atoms with E-state index in [1.54, 1.807) is 13.8 Å². The number of unbranched alkanes of at least 4 members (excludes halogenated alkanes) is 2. The van der Waals surface area contributed by atoms with Crippen molar-refractivity contribution in [1.29, 1.82) is 0 Å². The third kappa shape index (κ3) is 5.91. The van der Waals surface area contributed by atoms with Crippen LogP contribution in [0.4, 0.5) is 22.7 Å². The van der Waals surface area contributed by atoms with Crippen molar-refractivity contribution in [3.05, 3.63) is 42.2 Å². The fraction of sp³-hybridized carbons (Fsp3) is 0.667. The van der Waals surface area contributed by atoms with Gasteiger partial charge in [-0.05, 0) is 26.7 Å². The predicted octanol–water partition coefficient (Wildman–Crippen LogP) is 5.64. The molecule has 2 unspecified atom stereocenters. The number of benzene rings is 1. The maximum atomic E-state index is 11.6. The second kappa shape index (κ2) is 11.7. The van der Waals surface area contributed by atoms with Crippen LogP contribution in [0.1, 0.15) is 66.2 Å². The molecule has 0 radical (unpaired) electrons. The standard InChI is InChI=1S/C18H28N6O6/c1-5-7-9-13(3)21(19-25)15-11-16(22(20-26)14(4)10-8-6-2)18(24(29)30)12-17(15)23(27)28/h11-14H,5-10H2,1-4H3. The molecule has 1 rings (SSSR count). The predicted molar refractivity (Wildman–Crippen MR) is 114 cm³/mol. The fourth-order valence-electron chi connectivity index (χ4n) is 3.18. The van der Waals surface area contributed by atoms with Crippen LogP contribution in [0.2, 0.25) is 0 Å². The van der Waals surface area contributed by atoms with Crippen molar-refractivity contribution in [3.63, 3.8) is 0 Å². The molecule has 0 amide bonds. The number of nitrogens with zero attached hydrogens (tertiary/aromatic N) is 6. The topological polar surface area (TPSA) is 152 Å². The zero-order valence-electron chi connectivity index (χ0n) is 17.7. The largest absolute Gasteiger partial charge is 0.301 e. The Morgan fingerprint density at radius 3 is 1.47 bits per heavy atom. The van der Waals surface area contributed by atoms with Crippen LogP contribution in [0.3, 0.4) is 0 Å². The zero-order chi connectivity index (χ0) is 22.8. The van der Waals surface area contributed by atoms with Gasteiger partial charge in [0.05, 0.1) is 38.6 Å². The lowest BCUT2D eigenvalue weighted by atomic mass is 10.1. The molecule has 1 aromatic carbocycles. The Hall–Kier alpha value is -3.18. The molecule has 0 heterocycles. The Labute approximate surface area is 174 Å². The molecule has 2 atom stereocenters. The monoisotopic (exact) mass is 424 g/mol. The van der Waals surface area contributed by atoms with Gasteiger partial charge < -0.3 is 0 Å². The van der Waals surface area contributed by atoms with Gasteiger partial charge in [0.25, 0.3) is 0 Å². The lowest BCUT2D eigenvalue weighted by Crippen LogP contribution is -2.30. The average Bonchev–Trinajstić information content (AvgIpc) is 2.71. The van der Waals surface area contributed by atoms with Crippen molar-refractivity contribution < 1.29 is 9.85 Å². The molecule has 0 N–H and O–H groups in total. The van der Waals surface area contributed by atoms with Gasteiger partial charge in [0.15, 0.2) is 0 Å². The first-order valence-corrected chi connectivity index (χ1v) is 9.95. The minimum atomic E-state index is -0.809. The molecule has 0 bridgehead atoms. The molecule has 0 saturated heterocycles. The highest BCUT2D eigenvalue weighted by Crippen LogP contribution is 2.42. The van der Waals surface area contributed by atoms with E-state index in [-0.39, 0.29) is 11.4 Å². The van der Waals surface area contributed by atoms with Gasteiger partial charge in [-0.3, -0.25) is 20.2 Å². The molecular weight excluding hydrogens is 396 g/mol. The molecule has 0 aliphatic carbocycles. The van der Waals surface area contributed by atoms with Gasteiger partial charge in [-0.25, -0.2) is 10.0 Å². The lowest BCUT2D eigenvalue weighted by molar-refractivity contribution is -0.393. The van der Waals surface area contributed by atoms with E-state index in [0.717, 1.165) is 47.8 Å². The van der Waals surface area contributed by atoms with Crippen molar-refractivity contribution in [3.8, 4) is 0 Å². The number of hydrogen-bond donors (Lipinski definition) is 0. The molecule has 12 heteroatoms. The summed E-state index contributed by atoms with van der Waals surface area (Å²) >= 11 is 0. The van der Waals surface area contributed by atoms with Crippen LogP contribution < -0.4 is 10.0 Å². The molecule has 30 heavy (non-hydrogen) atoms. The van der Waals surface area contributed by atoms with Crippen LogP contribution in [0.5, 0.6) is 0 Å². The Kier molecular flexibility index (Phi) is 9.72. The summed E-state index contributed by atoms with van der Waals surface area (Å²) in [6, 6.07) is 0.876. The van der Waals surface area contributed by atoms with E-state index in [1.165, 1.54) is 0 Å². The van der Waals surface area contributed by atoms with Gasteiger partial charge >= 0.3 is 11.4 Å². The van der Waals surface area contributed by atoms with Crippen molar-refractivity contribution >= 4 is 22.7 Å². The minimum absolute atomic E-state index is 0.212. The van der Waals surface area contributed by atoms with Crippen molar-refractivity contribution in [2.45, 2.75) is 78.3 Å². The summed E-state index contributed by atoms with van der Waals surface area (Å²) in [5.74, 6) is 0. The van der Waals surface area contributed by atoms with Gasteiger partial charge in [0.2, 0.25) is 0 Å². The van der Waals surface area contributed by atoms with E-state index in [1.807, 2.05) is 13.8 Å². The maximum Gasteiger partial charge on any atom is 0.301 e. The highest BCUT2D eigenvalue weighted by molar-refractivity contribution is 5.78. The Balaban J connectivity index is 3.66. The fourth-order valence-corrected chi connectivity index (χ4v) is 3.18. The Morgan fingerprint density at radius 1 is 0.833 bits per heavy atom. The maximum absolute atomic E-state index is 11.6. The van der Waals surface area contributed by atoms with Crippen LogP contribution in [0.25, 0.3) is 0 Å². The first-order chi connectivity index (χ1) is 14.2. The number of hydrogen-bond acceptors (Lipinski definition) is 8. The van der Waals surface area contributed by atoms with Crippen LogP contribution >= 0.6 is 0 Å². The Bertz CT molecular complexity index is 715. The van der Waals surface area contributed by atoms with E-state index in [4.69, 9.17) is 0 Å². The van der Waals surface area contributed by atoms with E-state index >= 15 is 0 Å². The smallest absolute Gasteiger partial charge is 0.258 e. The number of rotatable bonds is 14. The summed E-state index contributed by atoms with van der Waals surface area (Å²) < 4.78 is 0. The van der Waals surface area contributed by atoms with Crippen LogP contribution in [-0.2, 0) is 0 Å². The second-order valence-electron chi connectivity index (χ2n) is 7.18. The third-order valence-corrected chi connectivity index (χ3v) is 4.92. The molecule has 0 saturated carbocycles. The van der Waals surface area contributed by atoms with E-state index in [9.17, 15) is 30.0 Å². The van der Waals surface area contributed by atoms with Gasteiger partial charge in [-0.1, -0.05) is 39.5 Å². The molecule has 0 aliphatic heterocycles. The normalized spacial score (nSPS) is 12.7. The van der Waals surface area contributed by atoms with Gasteiger partial charge in [-0.2, -0.15) is 0 Å². The molecule has 0 aliphatic rings. The zero-order valence-corrected chi connectivity index (χ0v) is 17.7. The van der Waals surface area contributed by atoms with E-state index in [0.29, 0.717) is 12.8 Å². The number of nitro groups is 2. The van der Waals surface area contributed by atoms with E-state index in [2.05, 4.69) is 10.6 Å². The summed E-state index contributed by atoms with van der Waals surface area (Å²) in [6.07, 6.45) is 4.29. The SMILES string of the molecule is CCCCC(C)N(N=O)c1cc(N(N=O)C(C)CCCC)c([N+](=O)[O-])cc1[N+](=O)[O-]. The van der Waals surface area contributed by atoms with Crippen LogP contribution in [0, 0.1) is 30.0 Å².